The Morgan fingerprint density at radius 2 is 2.16 bits per heavy atom. The van der Waals surface area contributed by atoms with Crippen LogP contribution in [0.25, 0.3) is 0 Å². The Hall–Kier alpha value is -2.19. The van der Waals surface area contributed by atoms with Crippen molar-refractivity contribution in [3.63, 3.8) is 0 Å². The Labute approximate surface area is 154 Å². The van der Waals surface area contributed by atoms with Crippen molar-refractivity contribution >= 4 is 39.8 Å². The number of hydrogen-bond donors (Lipinski definition) is 0. The molecule has 0 aliphatic rings. The normalized spacial score (nSPS) is 10.9. The number of rotatable bonds is 5. The van der Waals surface area contributed by atoms with Crippen molar-refractivity contribution in [2.24, 2.45) is 7.05 Å². The Balaban J connectivity index is 1.84. The molecule has 1 amide bonds. The molecule has 0 radical (unpaired) electrons. The Morgan fingerprint density at radius 3 is 2.84 bits per heavy atom. The van der Waals surface area contributed by atoms with Gasteiger partial charge in [0.1, 0.15) is 6.33 Å². The second-order valence-electron chi connectivity index (χ2n) is 5.71. The van der Waals surface area contributed by atoms with Gasteiger partial charge >= 0.3 is 0 Å². The molecule has 0 spiro atoms. The lowest BCUT2D eigenvalue weighted by Crippen LogP contribution is -2.23. The van der Waals surface area contributed by atoms with Gasteiger partial charge in [0.15, 0.2) is 10.3 Å². The predicted molar refractivity (Wildman–Crippen MR) is 101 cm³/mol. The molecule has 0 bridgehead atoms. The van der Waals surface area contributed by atoms with E-state index in [4.69, 9.17) is 0 Å². The maximum absolute atomic E-state index is 12.3. The molecule has 0 atom stereocenters. The third-order valence-corrected chi connectivity index (χ3v) is 5.82. The number of carbonyl (C=O) groups is 1. The van der Waals surface area contributed by atoms with Gasteiger partial charge in [-0.2, -0.15) is 0 Å². The first-order valence-electron chi connectivity index (χ1n) is 7.75. The van der Waals surface area contributed by atoms with E-state index in [1.54, 1.807) is 29.9 Å². The van der Waals surface area contributed by atoms with Crippen molar-refractivity contribution in [1.29, 1.82) is 0 Å². The standard InChI is InChI=1S/C17H19N5OS2/c1-11-6-5-7-15(12(11)2)22(13(3)23)16-19-14(8-24-16)9-25-17-20-18-10-21(17)4/h5-8,10H,9H2,1-4H3. The topological polar surface area (TPSA) is 63.9 Å². The zero-order valence-corrected chi connectivity index (χ0v) is 16.2. The SMILES string of the molecule is CC(=O)N(c1nc(CSc2nncn2C)cs1)c1cccc(C)c1C. The minimum atomic E-state index is -0.0458. The van der Waals surface area contributed by atoms with Crippen LogP contribution in [-0.4, -0.2) is 25.7 Å². The zero-order chi connectivity index (χ0) is 18.0. The molecule has 8 heteroatoms. The third kappa shape index (κ3) is 3.74. The first-order chi connectivity index (χ1) is 12.0. The van der Waals surface area contributed by atoms with Crippen LogP contribution in [-0.2, 0) is 17.6 Å². The number of aromatic nitrogens is 4. The van der Waals surface area contributed by atoms with E-state index in [-0.39, 0.29) is 5.91 Å². The fourth-order valence-corrected chi connectivity index (χ4v) is 4.16. The van der Waals surface area contributed by atoms with E-state index >= 15 is 0 Å². The molecule has 0 saturated carbocycles. The van der Waals surface area contributed by atoms with Crippen LogP contribution in [0.4, 0.5) is 10.8 Å². The lowest BCUT2D eigenvalue weighted by Gasteiger charge is -2.21. The highest BCUT2D eigenvalue weighted by atomic mass is 32.2. The van der Waals surface area contributed by atoms with Crippen LogP contribution in [0.3, 0.4) is 0 Å². The van der Waals surface area contributed by atoms with E-state index < -0.39 is 0 Å². The number of anilines is 2. The Morgan fingerprint density at radius 1 is 1.36 bits per heavy atom. The van der Waals surface area contributed by atoms with Gasteiger partial charge in [-0.15, -0.1) is 21.5 Å². The molecule has 130 valence electrons. The highest BCUT2D eigenvalue weighted by Crippen LogP contribution is 2.33. The molecule has 1 aromatic carbocycles. The molecule has 0 aliphatic heterocycles. The smallest absolute Gasteiger partial charge is 0.230 e. The van der Waals surface area contributed by atoms with Crippen LogP contribution >= 0.6 is 23.1 Å². The summed E-state index contributed by atoms with van der Waals surface area (Å²) in [4.78, 5) is 18.6. The second kappa shape index (κ2) is 7.37. The highest BCUT2D eigenvalue weighted by Gasteiger charge is 2.20. The average Bonchev–Trinajstić information content (AvgIpc) is 3.18. The number of thioether (sulfide) groups is 1. The van der Waals surface area contributed by atoms with Crippen LogP contribution in [0.5, 0.6) is 0 Å². The molecule has 0 N–H and O–H groups in total. The summed E-state index contributed by atoms with van der Waals surface area (Å²) in [6, 6.07) is 5.97. The number of aryl methyl sites for hydroxylation is 2. The number of carbonyl (C=O) groups excluding carboxylic acids is 1. The van der Waals surface area contributed by atoms with E-state index in [2.05, 4.69) is 15.2 Å². The molecule has 0 aliphatic carbocycles. The molecule has 3 aromatic rings. The molecule has 0 saturated heterocycles. The molecule has 3 rings (SSSR count). The lowest BCUT2D eigenvalue weighted by atomic mass is 10.1. The molecule has 25 heavy (non-hydrogen) atoms. The summed E-state index contributed by atoms with van der Waals surface area (Å²) in [7, 11) is 1.91. The second-order valence-corrected chi connectivity index (χ2v) is 7.49. The minimum absolute atomic E-state index is 0.0458. The maximum Gasteiger partial charge on any atom is 0.230 e. The first-order valence-corrected chi connectivity index (χ1v) is 9.62. The Kier molecular flexibility index (Phi) is 5.19. The van der Waals surface area contributed by atoms with Crippen molar-refractivity contribution in [2.75, 3.05) is 4.90 Å². The van der Waals surface area contributed by atoms with Crippen LogP contribution in [0.1, 0.15) is 23.7 Å². The van der Waals surface area contributed by atoms with Crippen molar-refractivity contribution in [3.8, 4) is 0 Å². The van der Waals surface area contributed by atoms with Gasteiger partial charge in [0, 0.05) is 25.1 Å². The molecule has 6 nitrogen and oxygen atoms in total. The lowest BCUT2D eigenvalue weighted by molar-refractivity contribution is -0.115. The van der Waals surface area contributed by atoms with E-state index in [0.717, 1.165) is 27.7 Å². The van der Waals surface area contributed by atoms with Crippen molar-refractivity contribution in [3.05, 3.63) is 46.7 Å². The summed E-state index contributed by atoms with van der Waals surface area (Å²) < 4.78 is 1.87. The monoisotopic (exact) mass is 373 g/mol. The van der Waals surface area contributed by atoms with E-state index in [0.29, 0.717) is 10.9 Å². The van der Waals surface area contributed by atoms with Crippen molar-refractivity contribution < 1.29 is 4.79 Å². The summed E-state index contributed by atoms with van der Waals surface area (Å²) in [5.41, 5.74) is 4.04. The van der Waals surface area contributed by atoms with Gasteiger partial charge < -0.3 is 4.57 Å². The van der Waals surface area contributed by atoms with Gasteiger partial charge in [0.05, 0.1) is 11.4 Å². The summed E-state index contributed by atoms with van der Waals surface area (Å²) >= 11 is 3.05. The van der Waals surface area contributed by atoms with Gasteiger partial charge in [-0.05, 0) is 31.0 Å². The average molecular weight is 374 g/mol. The maximum atomic E-state index is 12.3. The molecular formula is C17H19N5OS2. The Bertz CT molecular complexity index is 902. The zero-order valence-electron chi connectivity index (χ0n) is 14.6. The molecule has 2 aromatic heterocycles. The minimum Gasteiger partial charge on any atom is -0.312 e. The number of amides is 1. The number of thiazole rings is 1. The number of benzene rings is 1. The van der Waals surface area contributed by atoms with Crippen LogP contribution in [0.15, 0.2) is 35.1 Å². The fourth-order valence-electron chi connectivity index (χ4n) is 2.39. The van der Waals surface area contributed by atoms with Crippen molar-refractivity contribution in [1.82, 2.24) is 19.7 Å². The van der Waals surface area contributed by atoms with Crippen LogP contribution < -0.4 is 4.90 Å². The summed E-state index contributed by atoms with van der Waals surface area (Å²) in [5.74, 6) is 0.636. The number of hydrogen-bond acceptors (Lipinski definition) is 6. The molecular weight excluding hydrogens is 354 g/mol. The third-order valence-electron chi connectivity index (χ3n) is 3.88. The van der Waals surface area contributed by atoms with Gasteiger partial charge in [-0.3, -0.25) is 9.69 Å². The van der Waals surface area contributed by atoms with Crippen LogP contribution in [0, 0.1) is 13.8 Å². The summed E-state index contributed by atoms with van der Waals surface area (Å²) in [6.45, 7) is 5.64. The predicted octanol–water partition coefficient (Wildman–Crippen LogP) is 3.87. The van der Waals surface area contributed by atoms with E-state index in [9.17, 15) is 4.79 Å². The van der Waals surface area contributed by atoms with Gasteiger partial charge in [-0.25, -0.2) is 4.98 Å². The molecule has 2 heterocycles. The summed E-state index contributed by atoms with van der Waals surface area (Å²) in [6.07, 6.45) is 1.67. The van der Waals surface area contributed by atoms with Gasteiger partial charge in [-0.1, -0.05) is 23.9 Å². The summed E-state index contributed by atoms with van der Waals surface area (Å²) in [5, 5.41) is 11.4. The van der Waals surface area contributed by atoms with Crippen molar-refractivity contribution in [2.45, 2.75) is 31.7 Å². The largest absolute Gasteiger partial charge is 0.312 e. The van der Waals surface area contributed by atoms with Gasteiger partial charge in [0.25, 0.3) is 0 Å². The van der Waals surface area contributed by atoms with E-state index in [1.165, 1.54) is 11.3 Å². The fraction of sp³-hybridized carbons (Fsp3) is 0.294. The quantitative estimate of drug-likeness (QED) is 0.635. The molecule has 0 fully saturated rings. The molecule has 0 unspecified atom stereocenters. The highest BCUT2D eigenvalue weighted by molar-refractivity contribution is 7.98. The first kappa shape index (κ1) is 17.6. The van der Waals surface area contributed by atoms with Gasteiger partial charge in [0.2, 0.25) is 5.91 Å². The van der Waals surface area contributed by atoms with Crippen LogP contribution in [0.2, 0.25) is 0 Å². The number of nitrogens with zero attached hydrogens (tertiary/aromatic N) is 5. The van der Waals surface area contributed by atoms with E-state index in [1.807, 2.05) is 49.0 Å².